The van der Waals surface area contributed by atoms with Crippen molar-refractivity contribution < 1.29 is 13.6 Å². The third-order valence-corrected chi connectivity index (χ3v) is 4.80. The Bertz CT molecular complexity index is 1270. The van der Waals surface area contributed by atoms with Gasteiger partial charge < -0.3 is 10.6 Å². The summed E-state index contributed by atoms with van der Waals surface area (Å²) in [6.45, 7) is 0.0524. The fourth-order valence-corrected chi connectivity index (χ4v) is 3.29. The number of hydrogen-bond donors (Lipinski definition) is 2. The molecule has 0 radical (unpaired) electrons. The van der Waals surface area contributed by atoms with E-state index in [1.54, 1.807) is 6.07 Å². The first-order valence-electron chi connectivity index (χ1n) is 9.33. The van der Waals surface area contributed by atoms with Crippen LogP contribution in [0.15, 0.2) is 36.4 Å². The molecule has 0 bridgehead atoms. The molecule has 4 aromatic rings. The van der Waals surface area contributed by atoms with E-state index in [-0.39, 0.29) is 41.2 Å². The van der Waals surface area contributed by atoms with Gasteiger partial charge in [0.15, 0.2) is 11.6 Å². The van der Waals surface area contributed by atoms with Crippen LogP contribution in [0.25, 0.3) is 5.69 Å². The number of carbonyl (C=O) groups excluding carboxylic acids is 1. The average Bonchev–Trinajstić information content (AvgIpc) is 3.39. The lowest BCUT2D eigenvalue weighted by Crippen LogP contribution is -2.36. The highest BCUT2D eigenvalue weighted by atomic mass is 35.5. The summed E-state index contributed by atoms with van der Waals surface area (Å²) >= 11 is 11.6. The minimum absolute atomic E-state index is 0.0152. The van der Waals surface area contributed by atoms with Gasteiger partial charge in [0.2, 0.25) is 0 Å². The number of aromatic nitrogens is 8. The van der Waals surface area contributed by atoms with Crippen molar-refractivity contribution in [3.63, 3.8) is 0 Å². The summed E-state index contributed by atoms with van der Waals surface area (Å²) in [4.78, 5) is 12.2. The minimum atomic E-state index is -0.619. The summed E-state index contributed by atoms with van der Waals surface area (Å²) in [7, 11) is 0. The Labute approximate surface area is 194 Å². The van der Waals surface area contributed by atoms with Crippen LogP contribution in [0.5, 0.6) is 0 Å². The second-order valence-electron chi connectivity index (χ2n) is 6.67. The maximum atomic E-state index is 14.2. The lowest BCUT2D eigenvalue weighted by molar-refractivity contribution is 0.239. The highest BCUT2D eigenvalue weighted by molar-refractivity contribution is 6.30. The number of amides is 2. The van der Waals surface area contributed by atoms with E-state index in [0.717, 1.165) is 10.7 Å². The zero-order valence-corrected chi connectivity index (χ0v) is 18.1. The highest BCUT2D eigenvalue weighted by Crippen LogP contribution is 2.18. The first-order chi connectivity index (χ1) is 15.9. The van der Waals surface area contributed by atoms with Gasteiger partial charge in [-0.3, -0.25) is 0 Å². The molecule has 2 N–H and O–H groups in total. The van der Waals surface area contributed by atoms with Crippen molar-refractivity contribution in [3.05, 3.63) is 75.3 Å². The molecular weight excluding hydrogens is 481 g/mol. The molecule has 0 aliphatic carbocycles. The van der Waals surface area contributed by atoms with E-state index in [0.29, 0.717) is 11.4 Å². The summed E-state index contributed by atoms with van der Waals surface area (Å²) in [6.07, 6.45) is 0. The van der Waals surface area contributed by atoms with Crippen LogP contribution in [-0.4, -0.2) is 46.4 Å². The molecular formula is C18H14Cl2F2N10O. The van der Waals surface area contributed by atoms with Crippen LogP contribution in [0.2, 0.25) is 10.0 Å². The Hall–Kier alpha value is -3.71. The van der Waals surface area contributed by atoms with Crippen LogP contribution >= 0.6 is 23.2 Å². The molecule has 0 fully saturated rings. The Kier molecular flexibility index (Phi) is 6.70. The molecule has 0 spiro atoms. The highest BCUT2D eigenvalue weighted by Gasteiger charge is 2.14. The predicted molar refractivity (Wildman–Crippen MR) is 112 cm³/mol. The Morgan fingerprint density at radius 2 is 1.64 bits per heavy atom. The first-order valence-corrected chi connectivity index (χ1v) is 10.1. The normalized spacial score (nSPS) is 10.9. The standard InChI is InChI=1S/C18H14Cl2F2N10O/c19-11-1-2-15(14(22)6-11)32-17(26-28-30-32)8-24-18(33)23-7-16-25-27-29-31(16)9-10-3-12(20)5-13(21)4-10/h1-6H,7-9H2,(H2,23,24,33). The maximum absolute atomic E-state index is 14.2. The average molecular weight is 495 g/mol. The minimum Gasteiger partial charge on any atom is -0.331 e. The Balaban J connectivity index is 1.34. The van der Waals surface area contributed by atoms with Gasteiger partial charge in [0.25, 0.3) is 0 Å². The molecule has 4 rings (SSSR count). The van der Waals surface area contributed by atoms with Gasteiger partial charge in [0.1, 0.15) is 17.3 Å². The topological polar surface area (TPSA) is 128 Å². The lowest BCUT2D eigenvalue weighted by Gasteiger charge is -2.09. The van der Waals surface area contributed by atoms with E-state index in [1.165, 1.54) is 28.9 Å². The third-order valence-electron chi connectivity index (χ3n) is 4.35. The Morgan fingerprint density at radius 3 is 2.39 bits per heavy atom. The summed E-state index contributed by atoms with van der Waals surface area (Å²) < 4.78 is 30.2. The molecule has 33 heavy (non-hydrogen) atoms. The van der Waals surface area contributed by atoms with E-state index in [1.807, 2.05) is 0 Å². The van der Waals surface area contributed by atoms with Gasteiger partial charge in [0.05, 0.1) is 19.6 Å². The molecule has 0 saturated heterocycles. The van der Waals surface area contributed by atoms with Crippen molar-refractivity contribution in [1.29, 1.82) is 0 Å². The zero-order chi connectivity index (χ0) is 23.4. The molecule has 11 nitrogen and oxygen atoms in total. The molecule has 0 aliphatic heterocycles. The maximum Gasteiger partial charge on any atom is 0.315 e. The van der Waals surface area contributed by atoms with Crippen LogP contribution in [0.1, 0.15) is 17.2 Å². The van der Waals surface area contributed by atoms with E-state index in [2.05, 4.69) is 41.7 Å². The monoisotopic (exact) mass is 494 g/mol. The van der Waals surface area contributed by atoms with Crippen LogP contribution < -0.4 is 10.6 Å². The number of nitrogens with zero attached hydrogens (tertiary/aromatic N) is 8. The van der Waals surface area contributed by atoms with Crippen molar-refractivity contribution in [2.75, 3.05) is 0 Å². The molecule has 0 atom stereocenters. The number of carbonyl (C=O) groups is 1. The van der Waals surface area contributed by atoms with Gasteiger partial charge in [-0.15, -0.1) is 10.2 Å². The van der Waals surface area contributed by atoms with E-state index >= 15 is 0 Å². The van der Waals surface area contributed by atoms with Gasteiger partial charge in [-0.05, 0) is 62.8 Å². The number of urea groups is 1. The van der Waals surface area contributed by atoms with Gasteiger partial charge in [-0.2, -0.15) is 4.68 Å². The van der Waals surface area contributed by atoms with Crippen molar-refractivity contribution in [2.45, 2.75) is 19.6 Å². The van der Waals surface area contributed by atoms with Crippen LogP contribution in [0.3, 0.4) is 0 Å². The molecule has 170 valence electrons. The van der Waals surface area contributed by atoms with Crippen LogP contribution in [-0.2, 0) is 19.6 Å². The largest absolute Gasteiger partial charge is 0.331 e. The zero-order valence-electron chi connectivity index (χ0n) is 16.6. The molecule has 2 amide bonds. The molecule has 0 unspecified atom stereocenters. The molecule has 2 aromatic heterocycles. The molecule has 15 heteroatoms. The lowest BCUT2D eigenvalue weighted by atomic mass is 10.2. The molecule has 2 aromatic carbocycles. The van der Waals surface area contributed by atoms with Gasteiger partial charge in [0, 0.05) is 10.0 Å². The van der Waals surface area contributed by atoms with Crippen molar-refractivity contribution in [2.24, 2.45) is 0 Å². The first kappa shape index (κ1) is 22.5. The number of rotatable bonds is 7. The van der Waals surface area contributed by atoms with E-state index in [9.17, 15) is 13.6 Å². The fourth-order valence-electron chi connectivity index (χ4n) is 2.89. The SMILES string of the molecule is O=C(NCc1nnnn1Cc1cc(F)cc(Cl)c1)NCc1nnnn1-c1ccc(Cl)cc1F. The summed E-state index contributed by atoms with van der Waals surface area (Å²) in [6, 6.07) is 7.57. The summed E-state index contributed by atoms with van der Waals surface area (Å²) in [5.74, 6) is -0.574. The number of nitrogens with one attached hydrogen (secondary N) is 2. The third kappa shape index (κ3) is 5.56. The number of hydrogen-bond acceptors (Lipinski definition) is 7. The summed E-state index contributed by atoms with van der Waals surface area (Å²) in [5, 5.41) is 28.0. The van der Waals surface area contributed by atoms with Crippen molar-refractivity contribution >= 4 is 29.2 Å². The second kappa shape index (κ2) is 9.83. The van der Waals surface area contributed by atoms with Crippen LogP contribution in [0, 0.1) is 11.6 Å². The number of benzene rings is 2. The van der Waals surface area contributed by atoms with Gasteiger partial charge >= 0.3 is 6.03 Å². The number of tetrazole rings is 2. The van der Waals surface area contributed by atoms with E-state index < -0.39 is 17.7 Å². The van der Waals surface area contributed by atoms with Crippen molar-refractivity contribution in [3.8, 4) is 5.69 Å². The van der Waals surface area contributed by atoms with Crippen molar-refractivity contribution in [1.82, 2.24) is 51.0 Å². The van der Waals surface area contributed by atoms with Gasteiger partial charge in [-0.25, -0.2) is 18.3 Å². The molecule has 0 aliphatic rings. The smallest absolute Gasteiger partial charge is 0.315 e. The van der Waals surface area contributed by atoms with Gasteiger partial charge in [-0.1, -0.05) is 23.2 Å². The quantitative estimate of drug-likeness (QED) is 0.403. The van der Waals surface area contributed by atoms with Crippen LogP contribution in [0.4, 0.5) is 13.6 Å². The molecule has 2 heterocycles. The number of halogens is 4. The Morgan fingerprint density at radius 1 is 0.909 bits per heavy atom. The van der Waals surface area contributed by atoms with E-state index in [4.69, 9.17) is 23.2 Å². The predicted octanol–water partition coefficient (Wildman–Crippen LogP) is 2.28. The fraction of sp³-hybridized carbons (Fsp3) is 0.167. The second-order valence-corrected chi connectivity index (χ2v) is 7.54. The molecule has 0 saturated carbocycles. The summed E-state index contributed by atoms with van der Waals surface area (Å²) in [5.41, 5.74) is 0.637.